The third-order valence-corrected chi connectivity index (χ3v) is 11.8. The fourth-order valence-corrected chi connectivity index (χ4v) is 7.81. The Kier molecular flexibility index (Phi) is 31.8. The molecule has 2 rings (SSSR count). The molecule has 15 nitrogen and oxygen atoms in total. The molecule has 2 saturated heterocycles. The highest BCUT2D eigenvalue weighted by Crippen LogP contribution is 2.26. The molecule has 2 aliphatic rings. The number of hydrogen-bond donors (Lipinski definition) is 7. The Labute approximate surface area is 366 Å². The summed E-state index contributed by atoms with van der Waals surface area (Å²) in [6.45, 7) is 2.59. The molecule has 0 aliphatic carbocycles. The first-order valence-corrected chi connectivity index (χ1v) is 24.1. The van der Waals surface area contributed by atoms with E-state index in [-0.39, 0.29) is 26.1 Å². The van der Waals surface area contributed by atoms with Gasteiger partial charge in [-0.3, -0.25) is 9.59 Å². The molecule has 0 spiro atoms. The molecule has 11 unspecified atom stereocenters. The largest absolute Gasteiger partial charge is 0.462 e. The molecule has 0 aromatic heterocycles. The van der Waals surface area contributed by atoms with Crippen molar-refractivity contribution in [2.24, 2.45) is 0 Å². The van der Waals surface area contributed by atoms with E-state index in [1.807, 2.05) is 0 Å². The Morgan fingerprint density at radius 2 is 0.836 bits per heavy atom. The normalized spacial score (nSPS) is 27.2. The number of aliphatic hydroxyl groups excluding tert-OH is 7. The van der Waals surface area contributed by atoms with Gasteiger partial charge in [0.2, 0.25) is 0 Å². The zero-order chi connectivity index (χ0) is 44.7. The second-order valence-electron chi connectivity index (χ2n) is 17.3. The fraction of sp³-hybridized carbons (Fsp3) is 0.957. The van der Waals surface area contributed by atoms with Crippen LogP contribution in [0.3, 0.4) is 0 Å². The number of carbonyl (C=O) groups excluding carboxylic acids is 2. The van der Waals surface area contributed by atoms with Gasteiger partial charge < -0.3 is 64.2 Å². The number of unbranched alkanes of at least 4 members (excludes halogenated alkanes) is 23. The van der Waals surface area contributed by atoms with E-state index >= 15 is 0 Å². The van der Waals surface area contributed by atoms with Gasteiger partial charge in [-0.1, -0.05) is 162 Å². The topological polar surface area (TPSA) is 231 Å². The molecule has 360 valence electrons. The van der Waals surface area contributed by atoms with Crippen LogP contribution in [0.15, 0.2) is 0 Å². The second kappa shape index (κ2) is 34.8. The van der Waals surface area contributed by atoms with Gasteiger partial charge in [-0.15, -0.1) is 0 Å². The lowest BCUT2D eigenvalue weighted by molar-refractivity contribution is -0.332. The van der Waals surface area contributed by atoms with E-state index in [1.54, 1.807) is 0 Å². The van der Waals surface area contributed by atoms with Crippen LogP contribution in [0.4, 0.5) is 0 Å². The van der Waals surface area contributed by atoms with Gasteiger partial charge in [0, 0.05) is 12.8 Å². The minimum absolute atomic E-state index is 0.173. The van der Waals surface area contributed by atoms with Gasteiger partial charge in [0.25, 0.3) is 0 Å². The van der Waals surface area contributed by atoms with Gasteiger partial charge in [-0.05, 0) is 12.8 Å². The molecule has 11 atom stereocenters. The molecular weight excluding hydrogens is 792 g/mol. The maximum atomic E-state index is 12.9. The van der Waals surface area contributed by atoms with Gasteiger partial charge in [-0.2, -0.15) is 0 Å². The van der Waals surface area contributed by atoms with Gasteiger partial charge >= 0.3 is 11.9 Å². The van der Waals surface area contributed by atoms with Crippen molar-refractivity contribution >= 4 is 11.9 Å². The van der Waals surface area contributed by atoms with Crippen molar-refractivity contribution in [3.8, 4) is 0 Å². The van der Waals surface area contributed by atoms with Gasteiger partial charge in [-0.25, -0.2) is 0 Å². The zero-order valence-electron chi connectivity index (χ0n) is 37.7. The van der Waals surface area contributed by atoms with E-state index in [0.717, 1.165) is 38.5 Å². The minimum Gasteiger partial charge on any atom is -0.462 e. The summed E-state index contributed by atoms with van der Waals surface area (Å²) in [5, 5.41) is 71.9. The van der Waals surface area contributed by atoms with Crippen LogP contribution in [-0.4, -0.2) is 142 Å². The van der Waals surface area contributed by atoms with Crippen LogP contribution in [-0.2, 0) is 38.0 Å². The van der Waals surface area contributed by atoms with Crippen LogP contribution < -0.4 is 0 Å². The zero-order valence-corrected chi connectivity index (χ0v) is 37.7. The van der Waals surface area contributed by atoms with Crippen LogP contribution in [0.2, 0.25) is 0 Å². The maximum Gasteiger partial charge on any atom is 0.306 e. The first-order chi connectivity index (χ1) is 29.5. The maximum absolute atomic E-state index is 12.9. The number of ether oxygens (including phenoxy) is 6. The van der Waals surface area contributed by atoms with Crippen molar-refractivity contribution in [3.05, 3.63) is 0 Å². The summed E-state index contributed by atoms with van der Waals surface area (Å²) in [6, 6.07) is 0. The summed E-state index contributed by atoms with van der Waals surface area (Å²) in [6.07, 6.45) is 12.8. The summed E-state index contributed by atoms with van der Waals surface area (Å²) < 4.78 is 33.5. The standard InChI is InChI=1S/C46H86O15/c1-3-5-7-9-11-13-15-17-19-21-23-25-27-29-38(49)59-34(31-56-37(48)28-26-24-22-20-18-16-14-12-10-8-6-4-2)32-57-45-44(55)42(53)40(51)36(61-45)33-58-46-43(54)41(52)39(50)35(30-47)60-46/h34-36,39-47,50-55H,3-33H2,1-2H3. The molecule has 61 heavy (non-hydrogen) atoms. The Morgan fingerprint density at radius 3 is 1.28 bits per heavy atom. The first-order valence-electron chi connectivity index (χ1n) is 24.1. The van der Waals surface area contributed by atoms with Crippen LogP contribution in [0, 0.1) is 0 Å². The minimum atomic E-state index is -1.76. The Morgan fingerprint density at radius 1 is 0.459 bits per heavy atom. The number of hydrogen-bond acceptors (Lipinski definition) is 15. The van der Waals surface area contributed by atoms with Crippen LogP contribution in [0.5, 0.6) is 0 Å². The molecule has 0 radical (unpaired) electrons. The molecule has 2 fully saturated rings. The molecule has 0 saturated carbocycles. The molecule has 7 N–H and O–H groups in total. The van der Waals surface area contributed by atoms with E-state index < -0.39 is 92.7 Å². The Hall–Kier alpha value is -1.50. The van der Waals surface area contributed by atoms with Gasteiger partial charge in [0.05, 0.1) is 19.8 Å². The molecule has 2 aliphatic heterocycles. The van der Waals surface area contributed by atoms with Gasteiger partial charge in [0.15, 0.2) is 18.7 Å². The third kappa shape index (κ3) is 23.8. The lowest BCUT2D eigenvalue weighted by atomic mass is 9.98. The lowest BCUT2D eigenvalue weighted by Crippen LogP contribution is -2.61. The van der Waals surface area contributed by atoms with Crippen LogP contribution in [0.1, 0.15) is 187 Å². The number of rotatable bonds is 37. The second-order valence-corrected chi connectivity index (χ2v) is 17.3. The molecule has 0 amide bonds. The Bertz CT molecular complexity index is 1080. The average molecular weight is 879 g/mol. The van der Waals surface area contributed by atoms with Crippen molar-refractivity contribution < 1.29 is 73.8 Å². The fourth-order valence-electron chi connectivity index (χ4n) is 7.81. The summed E-state index contributed by atoms with van der Waals surface area (Å²) in [7, 11) is 0. The van der Waals surface area contributed by atoms with E-state index in [0.29, 0.717) is 12.8 Å². The van der Waals surface area contributed by atoms with Gasteiger partial charge in [0.1, 0.15) is 55.4 Å². The number of carbonyl (C=O) groups is 2. The van der Waals surface area contributed by atoms with E-state index in [2.05, 4.69) is 13.8 Å². The molecule has 0 bridgehead atoms. The van der Waals surface area contributed by atoms with E-state index in [4.69, 9.17) is 28.4 Å². The lowest BCUT2D eigenvalue weighted by Gasteiger charge is -2.42. The number of esters is 2. The molecule has 0 aromatic carbocycles. The highest BCUT2D eigenvalue weighted by molar-refractivity contribution is 5.70. The third-order valence-electron chi connectivity index (χ3n) is 11.8. The van der Waals surface area contributed by atoms with E-state index in [9.17, 15) is 45.3 Å². The average Bonchev–Trinajstić information content (AvgIpc) is 3.25. The smallest absolute Gasteiger partial charge is 0.306 e. The van der Waals surface area contributed by atoms with Crippen LogP contribution >= 0.6 is 0 Å². The molecule has 15 heteroatoms. The quantitative estimate of drug-likeness (QED) is 0.0295. The van der Waals surface area contributed by atoms with Crippen molar-refractivity contribution in [1.82, 2.24) is 0 Å². The molecular formula is C46H86O15. The Balaban J connectivity index is 1.84. The summed E-state index contributed by atoms with van der Waals surface area (Å²) in [5.74, 6) is -0.914. The predicted octanol–water partition coefficient (Wildman–Crippen LogP) is 5.65. The summed E-state index contributed by atoms with van der Waals surface area (Å²) >= 11 is 0. The van der Waals surface area contributed by atoms with Crippen LogP contribution in [0.25, 0.3) is 0 Å². The number of aliphatic hydroxyl groups is 7. The van der Waals surface area contributed by atoms with Crippen molar-refractivity contribution in [2.45, 2.75) is 255 Å². The van der Waals surface area contributed by atoms with E-state index in [1.165, 1.54) is 109 Å². The first kappa shape index (κ1) is 55.6. The SMILES string of the molecule is CCCCCCCCCCCCCCCC(=O)OC(COC(=O)CCCCCCCCCCCCCC)COC1OC(COC2OC(CO)C(O)C(O)C2O)C(O)C(O)C1O. The molecule has 2 heterocycles. The highest BCUT2D eigenvalue weighted by Gasteiger charge is 2.47. The highest BCUT2D eigenvalue weighted by atomic mass is 16.7. The van der Waals surface area contributed by atoms with Crippen molar-refractivity contribution in [2.75, 3.05) is 26.4 Å². The monoisotopic (exact) mass is 879 g/mol. The van der Waals surface area contributed by atoms with Crippen molar-refractivity contribution in [1.29, 1.82) is 0 Å². The van der Waals surface area contributed by atoms with Crippen molar-refractivity contribution in [3.63, 3.8) is 0 Å². The molecule has 0 aromatic rings. The summed E-state index contributed by atoms with van der Waals surface area (Å²) in [5.41, 5.74) is 0. The predicted molar refractivity (Wildman–Crippen MR) is 229 cm³/mol. The summed E-state index contributed by atoms with van der Waals surface area (Å²) in [4.78, 5) is 25.6.